The van der Waals surface area contributed by atoms with Crippen molar-refractivity contribution in [2.45, 2.75) is 51.7 Å². The molecule has 0 unspecified atom stereocenters. The minimum absolute atomic E-state index is 0.0118. The molecule has 1 aromatic carbocycles. The molecule has 0 saturated carbocycles. The molecule has 1 aromatic rings. The molecule has 5 heteroatoms. The highest BCUT2D eigenvalue weighted by molar-refractivity contribution is 7.92. The van der Waals surface area contributed by atoms with Gasteiger partial charge >= 0.3 is 0 Å². The molecule has 2 rings (SSSR count). The van der Waals surface area contributed by atoms with Gasteiger partial charge in [0.25, 0.3) is 5.91 Å². The molecule has 0 spiro atoms. The van der Waals surface area contributed by atoms with Crippen LogP contribution in [0.1, 0.15) is 56.0 Å². The molecule has 24 heavy (non-hydrogen) atoms. The van der Waals surface area contributed by atoms with E-state index in [4.69, 9.17) is 0 Å². The van der Waals surface area contributed by atoms with Gasteiger partial charge in [0.1, 0.15) is 0 Å². The van der Waals surface area contributed by atoms with Crippen molar-refractivity contribution in [1.82, 2.24) is 4.90 Å². The molecule has 0 aromatic heterocycles. The quantitative estimate of drug-likeness (QED) is 0.790. The number of aryl methyl sites for hydroxylation is 1. The van der Waals surface area contributed by atoms with Gasteiger partial charge < -0.3 is 4.90 Å². The minimum atomic E-state index is -3.05. The molecule has 1 heterocycles. The van der Waals surface area contributed by atoms with E-state index in [-0.39, 0.29) is 22.8 Å². The lowest BCUT2D eigenvalue weighted by Gasteiger charge is -2.32. The van der Waals surface area contributed by atoms with Crippen molar-refractivity contribution in [2.24, 2.45) is 5.92 Å². The van der Waals surface area contributed by atoms with Crippen LogP contribution in [0.3, 0.4) is 0 Å². The average Bonchev–Trinajstić information content (AvgIpc) is 2.54. The third-order valence-electron chi connectivity index (χ3n) is 4.54. The van der Waals surface area contributed by atoms with Crippen molar-refractivity contribution < 1.29 is 13.2 Å². The van der Waals surface area contributed by atoms with Crippen LogP contribution in [0.2, 0.25) is 0 Å². The molecule has 1 aliphatic heterocycles. The van der Waals surface area contributed by atoms with Gasteiger partial charge in [-0.25, -0.2) is 8.42 Å². The SMILES string of the molecule is CCCc1ccc(C(=O)N2CCC(S(=O)(=O)CC(C)C)CC2)cc1. The Morgan fingerprint density at radius 1 is 1.17 bits per heavy atom. The second-order valence-corrected chi connectivity index (χ2v) is 9.49. The number of amides is 1. The first-order valence-electron chi connectivity index (χ1n) is 8.93. The number of likely N-dealkylation sites (tertiary alicyclic amines) is 1. The number of sulfone groups is 1. The molecular weight excluding hydrogens is 322 g/mol. The topological polar surface area (TPSA) is 54.5 Å². The maximum atomic E-state index is 12.6. The summed E-state index contributed by atoms with van der Waals surface area (Å²) in [6.07, 6.45) is 3.21. The summed E-state index contributed by atoms with van der Waals surface area (Å²) < 4.78 is 24.7. The molecule has 0 N–H and O–H groups in total. The first-order valence-corrected chi connectivity index (χ1v) is 10.6. The van der Waals surface area contributed by atoms with Crippen LogP contribution in [-0.2, 0) is 16.3 Å². The summed E-state index contributed by atoms with van der Waals surface area (Å²) in [5, 5.41) is -0.295. The summed E-state index contributed by atoms with van der Waals surface area (Å²) in [6.45, 7) is 7.04. The van der Waals surface area contributed by atoms with Crippen LogP contribution in [0.25, 0.3) is 0 Å². The van der Waals surface area contributed by atoms with Gasteiger partial charge in [-0.05, 0) is 42.9 Å². The van der Waals surface area contributed by atoms with Gasteiger partial charge in [0.2, 0.25) is 0 Å². The number of hydrogen-bond acceptors (Lipinski definition) is 3. The van der Waals surface area contributed by atoms with Gasteiger partial charge in [-0.1, -0.05) is 39.3 Å². The molecule has 0 radical (unpaired) electrons. The van der Waals surface area contributed by atoms with E-state index in [1.165, 1.54) is 5.56 Å². The van der Waals surface area contributed by atoms with Crippen molar-refractivity contribution in [2.75, 3.05) is 18.8 Å². The van der Waals surface area contributed by atoms with E-state index in [1.54, 1.807) is 4.90 Å². The smallest absolute Gasteiger partial charge is 0.253 e. The Hall–Kier alpha value is -1.36. The number of hydrogen-bond donors (Lipinski definition) is 0. The van der Waals surface area contributed by atoms with E-state index in [0.29, 0.717) is 31.5 Å². The molecular formula is C19H29NO3S. The molecule has 4 nitrogen and oxygen atoms in total. The van der Waals surface area contributed by atoms with Crippen molar-refractivity contribution >= 4 is 15.7 Å². The van der Waals surface area contributed by atoms with Crippen LogP contribution >= 0.6 is 0 Å². The van der Waals surface area contributed by atoms with Crippen LogP contribution in [0.5, 0.6) is 0 Å². The number of carbonyl (C=O) groups is 1. The van der Waals surface area contributed by atoms with Crippen molar-refractivity contribution in [3.05, 3.63) is 35.4 Å². The third kappa shape index (κ3) is 4.82. The average molecular weight is 352 g/mol. The summed E-state index contributed by atoms with van der Waals surface area (Å²) in [4.78, 5) is 14.4. The molecule has 1 amide bonds. The molecule has 0 bridgehead atoms. The van der Waals surface area contributed by atoms with Crippen LogP contribution in [0, 0.1) is 5.92 Å². The van der Waals surface area contributed by atoms with Gasteiger partial charge in [-0.15, -0.1) is 0 Å². The summed E-state index contributed by atoms with van der Waals surface area (Å²) in [6, 6.07) is 7.79. The number of nitrogens with zero attached hydrogens (tertiary/aromatic N) is 1. The van der Waals surface area contributed by atoms with Crippen LogP contribution < -0.4 is 0 Å². The molecule has 1 saturated heterocycles. The monoisotopic (exact) mass is 351 g/mol. The first-order chi connectivity index (χ1) is 11.3. The minimum Gasteiger partial charge on any atom is -0.339 e. The second-order valence-electron chi connectivity index (χ2n) is 7.16. The largest absolute Gasteiger partial charge is 0.339 e. The fraction of sp³-hybridized carbons (Fsp3) is 0.632. The number of rotatable bonds is 6. The molecule has 134 valence electrons. The fourth-order valence-corrected chi connectivity index (χ4v) is 5.43. The fourth-order valence-electron chi connectivity index (χ4n) is 3.30. The normalized spacial score (nSPS) is 16.6. The van der Waals surface area contributed by atoms with E-state index in [2.05, 4.69) is 6.92 Å². The van der Waals surface area contributed by atoms with Crippen LogP contribution in [0.4, 0.5) is 0 Å². The summed E-state index contributed by atoms with van der Waals surface area (Å²) in [5.41, 5.74) is 1.94. The zero-order valence-corrected chi connectivity index (χ0v) is 15.8. The number of piperidine rings is 1. The third-order valence-corrected chi connectivity index (χ3v) is 7.16. The van der Waals surface area contributed by atoms with E-state index in [9.17, 15) is 13.2 Å². The summed E-state index contributed by atoms with van der Waals surface area (Å²) in [5.74, 6) is 0.402. The van der Waals surface area contributed by atoms with Gasteiger partial charge in [0.15, 0.2) is 9.84 Å². The lowest BCUT2D eigenvalue weighted by molar-refractivity contribution is 0.0725. The Balaban J connectivity index is 1.95. The molecule has 0 atom stereocenters. The van der Waals surface area contributed by atoms with Crippen LogP contribution in [-0.4, -0.2) is 43.3 Å². The Bertz CT molecular complexity index is 642. The highest BCUT2D eigenvalue weighted by atomic mass is 32.2. The maximum Gasteiger partial charge on any atom is 0.253 e. The van der Waals surface area contributed by atoms with E-state index < -0.39 is 9.84 Å². The Morgan fingerprint density at radius 3 is 2.25 bits per heavy atom. The standard InChI is InChI=1S/C19H29NO3S/c1-4-5-16-6-8-17(9-7-16)19(21)20-12-10-18(11-13-20)24(22,23)14-15(2)3/h6-9,15,18H,4-5,10-14H2,1-3H3. The highest BCUT2D eigenvalue weighted by Gasteiger charge is 2.32. The van der Waals surface area contributed by atoms with Crippen LogP contribution in [0.15, 0.2) is 24.3 Å². The second kappa shape index (κ2) is 8.15. The lowest BCUT2D eigenvalue weighted by Crippen LogP contribution is -2.43. The zero-order valence-electron chi connectivity index (χ0n) is 15.0. The van der Waals surface area contributed by atoms with Gasteiger partial charge in [0.05, 0.1) is 11.0 Å². The highest BCUT2D eigenvalue weighted by Crippen LogP contribution is 2.22. The van der Waals surface area contributed by atoms with Gasteiger partial charge in [0, 0.05) is 18.7 Å². The first kappa shape index (κ1) is 19.0. The van der Waals surface area contributed by atoms with E-state index in [1.807, 2.05) is 38.1 Å². The Labute approximate surface area is 146 Å². The number of carbonyl (C=O) groups excluding carboxylic acids is 1. The van der Waals surface area contributed by atoms with Crippen molar-refractivity contribution in [1.29, 1.82) is 0 Å². The lowest BCUT2D eigenvalue weighted by atomic mass is 10.1. The molecule has 1 aliphatic rings. The number of benzene rings is 1. The molecule has 1 fully saturated rings. The van der Waals surface area contributed by atoms with Gasteiger partial charge in [-0.2, -0.15) is 0 Å². The van der Waals surface area contributed by atoms with Gasteiger partial charge in [-0.3, -0.25) is 4.79 Å². The summed E-state index contributed by atoms with van der Waals surface area (Å²) >= 11 is 0. The van der Waals surface area contributed by atoms with E-state index in [0.717, 1.165) is 12.8 Å². The maximum absolute atomic E-state index is 12.6. The zero-order chi connectivity index (χ0) is 17.7. The Kier molecular flexibility index (Phi) is 6.44. The molecule has 0 aliphatic carbocycles. The predicted octanol–water partition coefficient (Wildman–Crippen LogP) is 3.31. The van der Waals surface area contributed by atoms with Crippen molar-refractivity contribution in [3.63, 3.8) is 0 Å². The predicted molar refractivity (Wildman–Crippen MR) is 98.0 cm³/mol. The summed E-state index contributed by atoms with van der Waals surface area (Å²) in [7, 11) is -3.05. The Morgan fingerprint density at radius 2 is 1.75 bits per heavy atom. The van der Waals surface area contributed by atoms with E-state index >= 15 is 0 Å². The van der Waals surface area contributed by atoms with Crippen molar-refractivity contribution in [3.8, 4) is 0 Å².